The van der Waals surface area contributed by atoms with Crippen molar-refractivity contribution in [3.63, 3.8) is 0 Å². The first-order valence-electron chi connectivity index (χ1n) is 6.74. The van der Waals surface area contributed by atoms with Crippen LogP contribution in [0.25, 0.3) is 0 Å². The molecule has 2 N–H and O–H groups in total. The summed E-state index contributed by atoms with van der Waals surface area (Å²) in [7, 11) is -4.81. The van der Waals surface area contributed by atoms with E-state index in [0.717, 1.165) is 5.32 Å². The molecule has 6 nitrogen and oxygen atoms in total. The van der Waals surface area contributed by atoms with Gasteiger partial charge >= 0.3 is 31.0 Å². The summed E-state index contributed by atoms with van der Waals surface area (Å²) in [5.41, 5.74) is -7.54. The number of hydrogen-bond acceptors (Lipinski definition) is 4. The Balaban J connectivity index is 3.42. The summed E-state index contributed by atoms with van der Waals surface area (Å²) in [4.78, 5) is 7.98. The molecule has 0 heterocycles. The fourth-order valence-corrected chi connectivity index (χ4v) is 2.35. The highest BCUT2D eigenvalue weighted by atomic mass is 32.2. The van der Waals surface area contributed by atoms with E-state index < -0.39 is 62.5 Å². The normalized spacial score (nSPS) is 15.7. The molecule has 0 spiro atoms. The van der Waals surface area contributed by atoms with Gasteiger partial charge in [0.2, 0.25) is 0 Å². The van der Waals surface area contributed by atoms with E-state index >= 15 is 0 Å². The van der Waals surface area contributed by atoms with Crippen LogP contribution in [0, 0.1) is 0 Å². The van der Waals surface area contributed by atoms with Crippen LogP contribution < -0.4 is 5.32 Å². The minimum absolute atomic E-state index is 0.411. The second-order valence-corrected chi connectivity index (χ2v) is 6.54. The number of hydrogen-bond donors (Lipinski definition) is 2. The van der Waals surface area contributed by atoms with Crippen LogP contribution in [0.3, 0.4) is 0 Å². The maximum atomic E-state index is 14.3. The number of benzene rings is 1. The Morgan fingerprint density at radius 1 is 0.931 bits per heavy atom. The molecule has 1 aromatic rings. The fourth-order valence-electron chi connectivity index (χ4n) is 1.87. The fraction of sp³-hybridized carbons (Fsp3) is 0.417. The number of nitrogens with zero attached hydrogens (tertiary/aromatic N) is 1. The van der Waals surface area contributed by atoms with Crippen LogP contribution >= 0.6 is 0 Å². The van der Waals surface area contributed by atoms with E-state index in [0.29, 0.717) is 24.3 Å². The first-order valence-corrected chi connectivity index (χ1v) is 8.18. The Labute approximate surface area is 154 Å². The van der Waals surface area contributed by atoms with Crippen LogP contribution in [-0.4, -0.2) is 54.8 Å². The molecule has 29 heavy (non-hydrogen) atoms. The Bertz CT molecular complexity index is 835. The summed E-state index contributed by atoms with van der Waals surface area (Å²) in [5.74, 6) is -3.35. The first kappa shape index (κ1) is 24.9. The quantitative estimate of drug-likeness (QED) is 0.365. The van der Waals surface area contributed by atoms with Crippen molar-refractivity contribution in [3.8, 4) is 0 Å². The minimum Gasteiger partial charge on any atom is -0.323 e. The van der Waals surface area contributed by atoms with E-state index in [1.165, 1.54) is 0 Å². The molecule has 17 heteroatoms. The van der Waals surface area contributed by atoms with Crippen LogP contribution in [-0.2, 0) is 14.9 Å². The molecule has 0 fully saturated rings. The molecule has 1 atom stereocenters. The average molecular weight is 466 g/mol. The average Bonchev–Trinajstić information content (AvgIpc) is 2.51. The van der Waals surface area contributed by atoms with E-state index in [2.05, 4.69) is 0 Å². The third kappa shape index (κ3) is 4.72. The Kier molecular flexibility index (Phi) is 6.82. The molecular formula is C12H8F10N2O4S. The van der Waals surface area contributed by atoms with Gasteiger partial charge in [0.15, 0.2) is 0 Å². The van der Waals surface area contributed by atoms with Crippen molar-refractivity contribution < 1.29 is 61.7 Å². The van der Waals surface area contributed by atoms with Crippen LogP contribution in [0.5, 0.6) is 0 Å². The van der Waals surface area contributed by atoms with Gasteiger partial charge in [0.05, 0.1) is 4.90 Å². The van der Waals surface area contributed by atoms with Gasteiger partial charge in [-0.2, -0.15) is 47.9 Å². The summed E-state index contributed by atoms with van der Waals surface area (Å²) in [6.45, 7) is -9.99. The number of anilines is 1. The standard InChI is InChI=1S/C12H8F10N2O4S/c13-8(14)24(9(15)16)12(21,22)10(17,11(18,19)20)7(25)23-5-1-3-6(4-2-5)29(26,27)28/h1-4,8-9H,(H,23,25)(H,26,27,28). The second kappa shape index (κ2) is 7.94. The zero-order valence-corrected chi connectivity index (χ0v) is 14.1. The number of carbonyl (C=O) groups excluding carboxylic acids is 1. The molecule has 166 valence electrons. The molecule has 1 amide bonds. The van der Waals surface area contributed by atoms with Gasteiger partial charge in [0.25, 0.3) is 16.0 Å². The molecule has 0 saturated heterocycles. The molecular weight excluding hydrogens is 458 g/mol. The summed E-state index contributed by atoms with van der Waals surface area (Å²) in [6.07, 6.45) is -6.95. The summed E-state index contributed by atoms with van der Waals surface area (Å²) in [6, 6.07) is -5.06. The maximum absolute atomic E-state index is 14.3. The molecule has 0 aromatic heterocycles. The highest BCUT2D eigenvalue weighted by molar-refractivity contribution is 7.85. The lowest BCUT2D eigenvalue weighted by molar-refractivity contribution is -0.369. The highest BCUT2D eigenvalue weighted by Gasteiger charge is 2.80. The molecule has 1 rings (SSSR count). The number of rotatable bonds is 7. The van der Waals surface area contributed by atoms with Crippen molar-refractivity contribution in [2.24, 2.45) is 0 Å². The molecule has 0 aliphatic rings. The predicted molar refractivity (Wildman–Crippen MR) is 73.6 cm³/mol. The Hall–Kier alpha value is -2.14. The molecule has 0 bridgehead atoms. The molecule has 0 saturated carbocycles. The van der Waals surface area contributed by atoms with Gasteiger partial charge in [-0.1, -0.05) is 0 Å². The lowest BCUT2D eigenvalue weighted by Crippen LogP contribution is -2.70. The summed E-state index contributed by atoms with van der Waals surface area (Å²) < 4.78 is 161. The smallest absolute Gasteiger partial charge is 0.323 e. The van der Waals surface area contributed by atoms with E-state index in [1.54, 1.807) is 0 Å². The van der Waals surface area contributed by atoms with Gasteiger partial charge < -0.3 is 5.32 Å². The van der Waals surface area contributed by atoms with Crippen molar-refractivity contribution in [3.05, 3.63) is 24.3 Å². The van der Waals surface area contributed by atoms with E-state index in [-0.39, 0.29) is 0 Å². The zero-order chi connectivity index (χ0) is 23.0. The van der Waals surface area contributed by atoms with Crippen molar-refractivity contribution in [2.75, 3.05) is 5.32 Å². The topological polar surface area (TPSA) is 86.7 Å². The van der Waals surface area contributed by atoms with Crippen LogP contribution in [0.4, 0.5) is 49.6 Å². The summed E-state index contributed by atoms with van der Waals surface area (Å²) in [5, 5.41) is 0.900. The van der Waals surface area contributed by atoms with Crippen molar-refractivity contribution in [1.82, 2.24) is 4.90 Å². The van der Waals surface area contributed by atoms with Crippen molar-refractivity contribution in [2.45, 2.75) is 35.9 Å². The number of amides is 1. The molecule has 0 radical (unpaired) electrons. The lowest BCUT2D eigenvalue weighted by atomic mass is 10.00. The van der Waals surface area contributed by atoms with Gasteiger partial charge in [-0.25, -0.2) is 4.39 Å². The number of alkyl halides is 10. The van der Waals surface area contributed by atoms with Gasteiger partial charge in [-0.05, 0) is 24.3 Å². The third-order valence-corrected chi connectivity index (χ3v) is 4.14. The molecule has 1 aromatic carbocycles. The number of nitrogens with one attached hydrogen (secondary N) is 1. The number of halogens is 10. The van der Waals surface area contributed by atoms with E-state index in [9.17, 15) is 57.1 Å². The minimum atomic E-state index is -6.95. The van der Waals surface area contributed by atoms with Gasteiger partial charge in [0.1, 0.15) is 0 Å². The van der Waals surface area contributed by atoms with Crippen LogP contribution in [0.2, 0.25) is 0 Å². The maximum Gasteiger partial charge on any atom is 0.439 e. The van der Waals surface area contributed by atoms with Crippen LogP contribution in [0.1, 0.15) is 0 Å². The Morgan fingerprint density at radius 2 is 1.34 bits per heavy atom. The molecule has 0 aliphatic carbocycles. The number of carbonyl (C=O) groups is 1. The first-order chi connectivity index (χ1) is 12.9. The van der Waals surface area contributed by atoms with Crippen molar-refractivity contribution in [1.29, 1.82) is 0 Å². The van der Waals surface area contributed by atoms with Crippen molar-refractivity contribution >= 4 is 21.7 Å². The van der Waals surface area contributed by atoms with E-state index in [4.69, 9.17) is 4.55 Å². The SMILES string of the molecule is O=C(Nc1ccc(S(=O)(=O)O)cc1)C(F)(C(F)(F)F)C(F)(F)N(C(F)F)C(F)F. The molecule has 1 unspecified atom stereocenters. The lowest BCUT2D eigenvalue weighted by Gasteiger charge is -2.38. The van der Waals surface area contributed by atoms with Crippen LogP contribution in [0.15, 0.2) is 29.2 Å². The van der Waals surface area contributed by atoms with Gasteiger partial charge in [-0.15, -0.1) is 4.90 Å². The largest absolute Gasteiger partial charge is 0.439 e. The van der Waals surface area contributed by atoms with Gasteiger partial charge in [0, 0.05) is 5.69 Å². The summed E-state index contributed by atoms with van der Waals surface area (Å²) >= 11 is 0. The monoisotopic (exact) mass is 466 g/mol. The highest BCUT2D eigenvalue weighted by Crippen LogP contribution is 2.49. The second-order valence-electron chi connectivity index (χ2n) is 5.11. The van der Waals surface area contributed by atoms with Gasteiger partial charge in [-0.3, -0.25) is 9.35 Å². The zero-order valence-electron chi connectivity index (χ0n) is 13.3. The Morgan fingerprint density at radius 3 is 1.66 bits per heavy atom. The van der Waals surface area contributed by atoms with E-state index in [1.807, 2.05) is 0 Å². The third-order valence-electron chi connectivity index (χ3n) is 3.27. The molecule has 0 aliphatic heterocycles. The predicted octanol–water partition coefficient (Wildman–Crippen LogP) is 3.48.